The number of hydrazine groups is 1. The molecule has 0 saturated carbocycles. The fourth-order valence-electron chi connectivity index (χ4n) is 0.481. The normalized spacial score (nSPS) is 19.1. The molecule has 5 heteroatoms. The van der Waals surface area contributed by atoms with Gasteiger partial charge in [-0.15, -0.1) is 0 Å². The quantitative estimate of drug-likeness (QED) is 0.455. The lowest BCUT2D eigenvalue weighted by Crippen LogP contribution is -2.33. The minimum atomic E-state index is -0.903. The molecule has 1 amide bonds. The Bertz CT molecular complexity index is 159. The van der Waals surface area contributed by atoms with Crippen LogP contribution in [0.1, 0.15) is 6.42 Å². The molecule has 0 radical (unpaired) electrons. The van der Waals surface area contributed by atoms with Gasteiger partial charge in [-0.2, -0.15) is 0 Å². The summed E-state index contributed by atoms with van der Waals surface area (Å²) in [7, 11) is 0. The highest BCUT2D eigenvalue weighted by atomic mass is 19.2. The molecule has 1 aliphatic rings. The summed E-state index contributed by atoms with van der Waals surface area (Å²) in [6.45, 7) is 0. The van der Waals surface area contributed by atoms with Crippen LogP contribution in [0.5, 0.6) is 0 Å². The van der Waals surface area contributed by atoms with E-state index in [9.17, 15) is 13.8 Å². The van der Waals surface area contributed by atoms with Crippen molar-refractivity contribution < 1.29 is 13.8 Å². The van der Waals surface area contributed by atoms with E-state index in [-0.39, 0.29) is 6.42 Å². The molecule has 0 bridgehead atoms. The zero-order valence-corrected chi connectivity index (χ0v) is 4.42. The molecule has 1 heterocycles. The largest absolute Gasteiger partial charge is 0.278 e. The zero-order valence-electron chi connectivity index (χ0n) is 4.42. The van der Waals surface area contributed by atoms with Gasteiger partial charge in [-0.05, 0) is 0 Å². The van der Waals surface area contributed by atoms with E-state index in [4.69, 9.17) is 0 Å². The molecule has 50 valence electrons. The summed E-state index contributed by atoms with van der Waals surface area (Å²) in [5.74, 6) is -0.903. The van der Waals surface area contributed by atoms with Gasteiger partial charge in [-0.3, -0.25) is 4.79 Å². The Morgan fingerprint density at radius 3 is 2.67 bits per heavy atom. The Hall–Kier alpha value is -1.13. The predicted molar refractivity (Wildman–Crippen MR) is 24.7 cm³/mol. The topological polar surface area (TPSA) is 23.6 Å². The van der Waals surface area contributed by atoms with Gasteiger partial charge in [0.05, 0.1) is 12.6 Å². The van der Waals surface area contributed by atoms with Crippen LogP contribution in [0, 0.1) is 0 Å². The molecule has 0 saturated heterocycles. The third kappa shape index (κ3) is 0.984. The summed E-state index contributed by atoms with van der Waals surface area (Å²) >= 11 is 0. The first-order valence-corrected chi connectivity index (χ1v) is 2.32. The summed E-state index contributed by atoms with van der Waals surface area (Å²) in [6.07, 6.45) is 1.98. The van der Waals surface area contributed by atoms with Crippen LogP contribution < -0.4 is 0 Å². The third-order valence-electron chi connectivity index (χ3n) is 0.894. The first-order valence-electron chi connectivity index (χ1n) is 2.32. The van der Waals surface area contributed by atoms with Crippen LogP contribution in [-0.4, -0.2) is 16.4 Å². The van der Waals surface area contributed by atoms with E-state index in [1.54, 1.807) is 0 Å². The number of halogens is 2. The maximum atomic E-state index is 12.0. The van der Waals surface area contributed by atoms with E-state index >= 15 is 0 Å². The van der Waals surface area contributed by atoms with Crippen molar-refractivity contribution in [3.05, 3.63) is 12.3 Å². The van der Waals surface area contributed by atoms with Crippen molar-refractivity contribution in [2.75, 3.05) is 0 Å². The molecule has 0 aromatic heterocycles. The molecule has 3 nitrogen and oxygen atoms in total. The molecule has 9 heavy (non-hydrogen) atoms. The summed E-state index contributed by atoms with van der Waals surface area (Å²) < 4.78 is 23.9. The Balaban J connectivity index is 2.69. The summed E-state index contributed by atoms with van der Waals surface area (Å²) in [5, 5.41) is -0.994. The minimum Gasteiger partial charge on any atom is -0.270 e. The van der Waals surface area contributed by atoms with Crippen LogP contribution in [0.3, 0.4) is 0 Å². The SMILES string of the molecule is O=C1CC=CN(F)N1F. The number of hydrogen-bond acceptors (Lipinski definition) is 2. The third-order valence-corrected chi connectivity index (χ3v) is 0.894. The smallest absolute Gasteiger partial charge is 0.270 e. The van der Waals surface area contributed by atoms with Crippen LogP contribution >= 0.6 is 0 Å². The Morgan fingerprint density at radius 2 is 2.22 bits per heavy atom. The lowest BCUT2D eigenvalue weighted by atomic mass is 10.4. The van der Waals surface area contributed by atoms with Crippen LogP contribution in [0.15, 0.2) is 12.3 Å². The second kappa shape index (κ2) is 2.00. The summed E-state index contributed by atoms with van der Waals surface area (Å²) in [4.78, 5) is 10.2. The van der Waals surface area contributed by atoms with Crippen LogP contribution in [-0.2, 0) is 4.79 Å². The molecule has 0 aliphatic carbocycles. The first kappa shape index (κ1) is 6.00. The second-order valence-corrected chi connectivity index (χ2v) is 1.53. The summed E-state index contributed by atoms with van der Waals surface area (Å²) in [5.41, 5.74) is 0. The zero-order chi connectivity index (χ0) is 6.85. The Labute approximate surface area is 50.0 Å². The molecule has 0 fully saturated rings. The second-order valence-electron chi connectivity index (χ2n) is 1.53. The van der Waals surface area contributed by atoms with E-state index in [1.807, 2.05) is 0 Å². The number of nitrogens with zero attached hydrogens (tertiary/aromatic N) is 2. The van der Waals surface area contributed by atoms with Gasteiger partial charge in [0.15, 0.2) is 0 Å². The van der Waals surface area contributed by atoms with Crippen LogP contribution in [0.2, 0.25) is 0 Å². The summed E-state index contributed by atoms with van der Waals surface area (Å²) in [6, 6.07) is 0. The molecule has 0 aromatic carbocycles. The lowest BCUT2D eigenvalue weighted by Gasteiger charge is -2.18. The van der Waals surface area contributed by atoms with Gasteiger partial charge in [0.25, 0.3) is 5.91 Å². The van der Waals surface area contributed by atoms with Crippen molar-refractivity contribution in [1.82, 2.24) is 10.5 Å². The Kier molecular flexibility index (Phi) is 1.33. The molecular formula is C4H4F2N2O. The lowest BCUT2D eigenvalue weighted by molar-refractivity contribution is -0.235. The van der Waals surface area contributed by atoms with E-state index in [2.05, 4.69) is 0 Å². The van der Waals surface area contributed by atoms with E-state index in [1.165, 1.54) is 6.08 Å². The van der Waals surface area contributed by atoms with Gasteiger partial charge >= 0.3 is 0 Å². The van der Waals surface area contributed by atoms with E-state index in [0.717, 1.165) is 6.20 Å². The monoisotopic (exact) mass is 134 g/mol. The standard InChI is InChI=1S/C4H4F2N2O/c5-7-3-1-2-4(9)8(7)6/h1,3H,2H2. The number of carbonyl (C=O) groups is 1. The molecular weight excluding hydrogens is 130 g/mol. The molecule has 0 aromatic rings. The van der Waals surface area contributed by atoms with Crippen molar-refractivity contribution in [2.24, 2.45) is 0 Å². The number of hydrogen-bond donors (Lipinski definition) is 0. The van der Waals surface area contributed by atoms with Crippen molar-refractivity contribution in [1.29, 1.82) is 0 Å². The fraction of sp³-hybridized carbons (Fsp3) is 0.250. The van der Waals surface area contributed by atoms with Gasteiger partial charge in [0.1, 0.15) is 0 Å². The highest BCUT2D eigenvalue weighted by molar-refractivity contribution is 5.76. The number of amides is 1. The Morgan fingerprint density at radius 1 is 1.56 bits per heavy atom. The van der Waals surface area contributed by atoms with E-state index in [0.29, 0.717) is 0 Å². The molecule has 0 unspecified atom stereocenters. The average molecular weight is 134 g/mol. The van der Waals surface area contributed by atoms with Gasteiger partial charge in [0.2, 0.25) is 0 Å². The van der Waals surface area contributed by atoms with Gasteiger partial charge < -0.3 is 0 Å². The van der Waals surface area contributed by atoms with Crippen molar-refractivity contribution in [2.45, 2.75) is 6.42 Å². The highest BCUT2D eigenvalue weighted by Crippen LogP contribution is 2.09. The average Bonchev–Trinajstić information content (AvgIpc) is 1.83. The molecule has 1 aliphatic heterocycles. The first-order chi connectivity index (χ1) is 4.22. The van der Waals surface area contributed by atoms with Gasteiger partial charge in [-0.25, -0.2) is 0 Å². The van der Waals surface area contributed by atoms with Crippen LogP contribution in [0.25, 0.3) is 0 Å². The predicted octanol–water partition coefficient (Wildman–Crippen LogP) is 0.718. The minimum absolute atomic E-state index is 0.0864. The van der Waals surface area contributed by atoms with Crippen molar-refractivity contribution in [3.63, 3.8) is 0 Å². The molecule has 0 spiro atoms. The van der Waals surface area contributed by atoms with Gasteiger partial charge in [0, 0.05) is 0 Å². The number of carbonyl (C=O) groups excluding carboxylic acids is 1. The number of rotatable bonds is 0. The maximum Gasteiger partial charge on any atom is 0.278 e. The fourth-order valence-corrected chi connectivity index (χ4v) is 0.481. The van der Waals surface area contributed by atoms with Crippen molar-refractivity contribution >= 4 is 5.91 Å². The molecule has 0 N–H and O–H groups in total. The van der Waals surface area contributed by atoms with E-state index < -0.39 is 16.4 Å². The molecule has 1 rings (SSSR count). The molecule has 0 atom stereocenters. The highest BCUT2D eigenvalue weighted by Gasteiger charge is 2.20. The van der Waals surface area contributed by atoms with Crippen molar-refractivity contribution in [3.8, 4) is 0 Å². The van der Waals surface area contributed by atoms with Crippen LogP contribution in [0.4, 0.5) is 8.96 Å². The maximum absolute atomic E-state index is 12.0. The van der Waals surface area contributed by atoms with Gasteiger partial charge in [-0.1, -0.05) is 25.5 Å².